The molecule has 0 aromatic carbocycles. The van der Waals surface area contributed by atoms with Crippen molar-refractivity contribution < 1.29 is 4.79 Å². The number of hydrogen-bond acceptors (Lipinski definition) is 2. The predicted molar refractivity (Wildman–Crippen MR) is 84.5 cm³/mol. The molecule has 112 valence electrons. The van der Waals surface area contributed by atoms with Crippen LogP contribution in [0.5, 0.6) is 0 Å². The van der Waals surface area contributed by atoms with Gasteiger partial charge in [0.25, 0.3) is 5.91 Å². The third kappa shape index (κ3) is 2.87. The standard InChI is InChI=1S/C14H16BrClN4O/c1-8-6-10(19-18-8)12-4-2-3-5-20(12)14(21)11-7-9(16)13(15)17-11/h6-7,12,17H,2-5H2,1H3,(H,18,19). The minimum atomic E-state index is -0.0343. The van der Waals surface area contributed by atoms with E-state index in [0.29, 0.717) is 15.3 Å². The Morgan fingerprint density at radius 3 is 2.90 bits per heavy atom. The highest BCUT2D eigenvalue weighted by Gasteiger charge is 2.31. The molecule has 0 bridgehead atoms. The third-order valence-corrected chi connectivity index (χ3v) is 4.94. The van der Waals surface area contributed by atoms with Crippen LogP contribution in [0.15, 0.2) is 16.7 Å². The zero-order valence-electron chi connectivity index (χ0n) is 11.6. The molecule has 21 heavy (non-hydrogen) atoms. The average molecular weight is 372 g/mol. The van der Waals surface area contributed by atoms with Crippen LogP contribution in [0, 0.1) is 6.92 Å². The molecule has 3 heterocycles. The van der Waals surface area contributed by atoms with Crippen LogP contribution in [-0.4, -0.2) is 32.5 Å². The average Bonchev–Trinajstić information content (AvgIpc) is 3.05. The fraction of sp³-hybridized carbons (Fsp3) is 0.429. The van der Waals surface area contributed by atoms with Gasteiger partial charge in [-0.15, -0.1) is 0 Å². The highest BCUT2D eigenvalue weighted by molar-refractivity contribution is 9.10. The van der Waals surface area contributed by atoms with Crippen molar-refractivity contribution >= 4 is 33.4 Å². The van der Waals surface area contributed by atoms with E-state index in [-0.39, 0.29) is 11.9 Å². The third-order valence-electron chi connectivity index (χ3n) is 3.79. The number of aryl methyl sites for hydroxylation is 1. The number of piperidine rings is 1. The molecule has 0 aliphatic carbocycles. The first-order valence-electron chi connectivity index (χ1n) is 6.93. The second-order valence-corrected chi connectivity index (χ2v) is 6.53. The summed E-state index contributed by atoms with van der Waals surface area (Å²) in [4.78, 5) is 17.6. The van der Waals surface area contributed by atoms with Crippen LogP contribution in [-0.2, 0) is 0 Å². The molecule has 1 amide bonds. The van der Waals surface area contributed by atoms with Crippen molar-refractivity contribution in [3.05, 3.63) is 38.8 Å². The minimum absolute atomic E-state index is 0.0250. The van der Waals surface area contributed by atoms with E-state index in [1.807, 2.05) is 17.9 Å². The quantitative estimate of drug-likeness (QED) is 0.842. The Hall–Kier alpha value is -1.27. The van der Waals surface area contributed by atoms with Crippen molar-refractivity contribution in [1.82, 2.24) is 20.1 Å². The number of carbonyl (C=O) groups excluding carboxylic acids is 1. The Kier molecular flexibility index (Phi) is 4.08. The van der Waals surface area contributed by atoms with E-state index in [4.69, 9.17) is 11.6 Å². The lowest BCUT2D eigenvalue weighted by molar-refractivity contribution is 0.0600. The lowest BCUT2D eigenvalue weighted by Gasteiger charge is -2.34. The lowest BCUT2D eigenvalue weighted by atomic mass is 9.98. The second-order valence-electron chi connectivity index (χ2n) is 5.33. The normalized spacial score (nSPS) is 19.0. The molecule has 0 spiro atoms. The van der Waals surface area contributed by atoms with Crippen molar-refractivity contribution in [2.75, 3.05) is 6.54 Å². The topological polar surface area (TPSA) is 64.8 Å². The number of amides is 1. The Balaban J connectivity index is 1.88. The van der Waals surface area contributed by atoms with Gasteiger partial charge in [0.15, 0.2) is 0 Å². The first-order valence-corrected chi connectivity index (χ1v) is 8.10. The van der Waals surface area contributed by atoms with Gasteiger partial charge in [-0.3, -0.25) is 9.89 Å². The van der Waals surface area contributed by atoms with Crippen LogP contribution in [0.25, 0.3) is 0 Å². The molecule has 1 fully saturated rings. The van der Waals surface area contributed by atoms with Crippen LogP contribution < -0.4 is 0 Å². The van der Waals surface area contributed by atoms with Gasteiger partial charge in [0, 0.05) is 12.2 Å². The molecule has 2 aromatic rings. The first kappa shape index (κ1) is 14.7. The highest BCUT2D eigenvalue weighted by Crippen LogP contribution is 2.32. The van der Waals surface area contributed by atoms with Gasteiger partial charge in [0.05, 0.1) is 16.8 Å². The molecule has 1 aliphatic heterocycles. The van der Waals surface area contributed by atoms with Gasteiger partial charge in [-0.05, 0) is 54.2 Å². The van der Waals surface area contributed by atoms with Crippen LogP contribution in [0.4, 0.5) is 0 Å². The van der Waals surface area contributed by atoms with Crippen molar-refractivity contribution in [1.29, 1.82) is 0 Å². The van der Waals surface area contributed by atoms with Gasteiger partial charge in [-0.1, -0.05) is 11.6 Å². The molecule has 0 radical (unpaired) electrons. The molecule has 1 aliphatic rings. The summed E-state index contributed by atoms with van der Waals surface area (Å²) in [6, 6.07) is 3.69. The second kappa shape index (κ2) is 5.85. The summed E-state index contributed by atoms with van der Waals surface area (Å²) < 4.78 is 0.636. The van der Waals surface area contributed by atoms with Gasteiger partial charge in [-0.2, -0.15) is 5.10 Å². The first-order chi connectivity index (χ1) is 10.1. The number of nitrogens with one attached hydrogen (secondary N) is 2. The zero-order valence-corrected chi connectivity index (χ0v) is 14.0. The largest absolute Gasteiger partial charge is 0.344 e. The Morgan fingerprint density at radius 1 is 1.48 bits per heavy atom. The van der Waals surface area contributed by atoms with E-state index in [1.165, 1.54) is 0 Å². The number of aromatic amines is 2. The Labute approximate surface area is 136 Å². The number of carbonyl (C=O) groups is 1. The number of aromatic nitrogens is 3. The van der Waals surface area contributed by atoms with Gasteiger partial charge in [0.2, 0.25) is 0 Å². The predicted octanol–water partition coefficient (Wildman–Crippen LogP) is 3.83. The number of nitrogens with zero attached hydrogens (tertiary/aromatic N) is 2. The van der Waals surface area contributed by atoms with E-state index in [9.17, 15) is 4.79 Å². The van der Waals surface area contributed by atoms with Crippen LogP contribution in [0.3, 0.4) is 0 Å². The maximum Gasteiger partial charge on any atom is 0.270 e. The number of halogens is 2. The Bertz CT molecular complexity index is 646. The molecule has 7 heteroatoms. The van der Waals surface area contributed by atoms with E-state index in [1.54, 1.807) is 6.07 Å². The van der Waals surface area contributed by atoms with Crippen molar-refractivity contribution in [2.24, 2.45) is 0 Å². The van der Waals surface area contributed by atoms with Crippen molar-refractivity contribution in [2.45, 2.75) is 32.2 Å². The van der Waals surface area contributed by atoms with Gasteiger partial charge in [-0.25, -0.2) is 0 Å². The molecular formula is C14H16BrClN4O. The molecule has 1 unspecified atom stereocenters. The number of likely N-dealkylation sites (tertiary alicyclic amines) is 1. The van der Waals surface area contributed by atoms with Crippen molar-refractivity contribution in [3.8, 4) is 0 Å². The van der Waals surface area contributed by atoms with Gasteiger partial charge in [0.1, 0.15) is 10.3 Å². The highest BCUT2D eigenvalue weighted by atomic mass is 79.9. The smallest absolute Gasteiger partial charge is 0.270 e. The van der Waals surface area contributed by atoms with Crippen molar-refractivity contribution in [3.63, 3.8) is 0 Å². The fourth-order valence-electron chi connectivity index (χ4n) is 2.77. The summed E-state index contributed by atoms with van der Waals surface area (Å²) in [5.74, 6) is -0.0343. The van der Waals surface area contributed by atoms with Gasteiger partial charge < -0.3 is 9.88 Å². The maximum absolute atomic E-state index is 12.7. The summed E-state index contributed by atoms with van der Waals surface area (Å²) in [7, 11) is 0. The zero-order chi connectivity index (χ0) is 15.0. The summed E-state index contributed by atoms with van der Waals surface area (Å²) in [5.41, 5.74) is 2.44. The molecule has 2 N–H and O–H groups in total. The summed E-state index contributed by atoms with van der Waals surface area (Å²) in [5, 5.41) is 7.79. The number of rotatable bonds is 2. The molecule has 0 saturated carbocycles. The molecule has 1 saturated heterocycles. The monoisotopic (exact) mass is 370 g/mol. The SMILES string of the molecule is Cc1cc(C2CCCCN2C(=O)c2cc(Cl)c(Br)[nH]2)n[nH]1. The fourth-order valence-corrected chi connectivity index (χ4v) is 3.25. The summed E-state index contributed by atoms with van der Waals surface area (Å²) in [6.45, 7) is 2.71. The van der Waals surface area contributed by atoms with E-state index in [2.05, 4.69) is 31.1 Å². The molecule has 1 atom stereocenters. The van der Waals surface area contributed by atoms with E-state index < -0.39 is 0 Å². The van der Waals surface area contributed by atoms with E-state index in [0.717, 1.165) is 37.2 Å². The summed E-state index contributed by atoms with van der Waals surface area (Å²) >= 11 is 9.30. The summed E-state index contributed by atoms with van der Waals surface area (Å²) in [6.07, 6.45) is 3.06. The number of H-pyrrole nitrogens is 2. The Morgan fingerprint density at radius 2 is 2.29 bits per heavy atom. The van der Waals surface area contributed by atoms with Crippen LogP contribution in [0.1, 0.15) is 47.2 Å². The van der Waals surface area contributed by atoms with Crippen LogP contribution in [0.2, 0.25) is 5.02 Å². The minimum Gasteiger partial charge on any atom is -0.344 e. The maximum atomic E-state index is 12.7. The van der Waals surface area contributed by atoms with Crippen LogP contribution >= 0.6 is 27.5 Å². The van der Waals surface area contributed by atoms with E-state index >= 15 is 0 Å². The molecule has 2 aromatic heterocycles. The van der Waals surface area contributed by atoms with Gasteiger partial charge >= 0.3 is 0 Å². The molecular weight excluding hydrogens is 356 g/mol. The molecule has 5 nitrogen and oxygen atoms in total. The lowest BCUT2D eigenvalue weighted by Crippen LogP contribution is -2.38. The number of hydrogen-bond donors (Lipinski definition) is 2. The molecule has 3 rings (SSSR count).